The second-order valence-corrected chi connectivity index (χ2v) is 8.95. The van der Waals surface area contributed by atoms with E-state index in [4.69, 9.17) is 5.73 Å². The number of hydrogen-bond donors (Lipinski definition) is 7. The van der Waals surface area contributed by atoms with Crippen LogP contribution in [0.5, 0.6) is 5.75 Å². The van der Waals surface area contributed by atoms with Gasteiger partial charge >= 0.3 is 0 Å². The normalized spacial score (nSPS) is 36.0. The molecule has 1 unspecified atom stereocenters. The van der Waals surface area contributed by atoms with Crippen molar-refractivity contribution >= 4 is 23.2 Å². The van der Waals surface area contributed by atoms with E-state index < -0.39 is 75.3 Å². The van der Waals surface area contributed by atoms with E-state index in [0.29, 0.717) is 5.56 Å². The largest absolute Gasteiger partial charge is 0.508 e. The number of fused-ring (bicyclic) bond motifs is 3. The van der Waals surface area contributed by atoms with Gasteiger partial charge in [-0.25, -0.2) is 0 Å². The average molecular weight is 460 g/mol. The number of phenols is 1. The van der Waals surface area contributed by atoms with Crippen LogP contribution in [0, 0.1) is 5.92 Å². The van der Waals surface area contributed by atoms with Crippen molar-refractivity contribution in [2.45, 2.75) is 36.2 Å². The summed E-state index contributed by atoms with van der Waals surface area (Å²) in [4.78, 5) is 39.8. The minimum absolute atomic E-state index is 0.111. The molecule has 1 fully saturated rings. The van der Waals surface area contributed by atoms with Crippen LogP contribution in [-0.4, -0.2) is 90.5 Å². The molecule has 0 spiro atoms. The Morgan fingerprint density at radius 2 is 1.73 bits per heavy atom. The number of hydrogen-bond acceptors (Lipinski definition) is 10. The van der Waals surface area contributed by atoms with Crippen molar-refractivity contribution in [2.24, 2.45) is 11.7 Å². The summed E-state index contributed by atoms with van der Waals surface area (Å²) in [5, 5.41) is 66.6. The lowest BCUT2D eigenvalue weighted by atomic mass is 9.52. The zero-order valence-electron chi connectivity index (χ0n) is 18.0. The van der Waals surface area contributed by atoms with Gasteiger partial charge in [0, 0.05) is 11.5 Å². The number of nitrogens with two attached hydrogens (primary N) is 1. The van der Waals surface area contributed by atoms with Crippen LogP contribution >= 0.6 is 0 Å². The van der Waals surface area contributed by atoms with Crippen molar-refractivity contribution < 1.29 is 45.0 Å². The number of primary amides is 1. The molecule has 176 valence electrons. The first-order valence-electron chi connectivity index (χ1n) is 10.1. The number of Topliss-reactive ketones (excluding diaryl/α,β-unsaturated/α-hetero) is 2. The Balaban J connectivity index is 2.13. The summed E-state index contributed by atoms with van der Waals surface area (Å²) in [6, 6.07) is 2.45. The molecule has 1 aromatic rings. The molecule has 6 atom stereocenters. The predicted octanol–water partition coefficient (Wildman–Crippen LogP) is -1.39. The molecule has 4 rings (SSSR count). The highest BCUT2D eigenvalue weighted by atomic mass is 16.4. The smallest absolute Gasteiger partial charge is 0.255 e. The number of amides is 1. The number of rotatable bonds is 2. The zero-order chi connectivity index (χ0) is 24.8. The highest BCUT2D eigenvalue weighted by molar-refractivity contribution is 6.25. The quantitative estimate of drug-likeness (QED) is 0.258. The third-order valence-corrected chi connectivity index (χ3v) is 7.13. The first-order chi connectivity index (χ1) is 15.2. The van der Waals surface area contributed by atoms with Gasteiger partial charge in [0.25, 0.3) is 5.91 Å². The third-order valence-electron chi connectivity index (χ3n) is 7.13. The number of phenolic OH excluding ortho intramolecular Hbond substituents is 1. The van der Waals surface area contributed by atoms with Gasteiger partial charge in [-0.15, -0.1) is 0 Å². The van der Waals surface area contributed by atoms with Crippen LogP contribution in [0.25, 0.3) is 5.76 Å². The van der Waals surface area contributed by atoms with Crippen molar-refractivity contribution in [2.75, 3.05) is 14.1 Å². The minimum Gasteiger partial charge on any atom is -0.508 e. The summed E-state index contributed by atoms with van der Waals surface area (Å²) in [6.45, 7) is 1.57. The van der Waals surface area contributed by atoms with Crippen molar-refractivity contribution in [3.8, 4) is 5.75 Å². The van der Waals surface area contributed by atoms with E-state index in [1.165, 1.54) is 26.2 Å². The van der Waals surface area contributed by atoms with Gasteiger partial charge < -0.3 is 36.4 Å². The number of nitrogens with zero attached hydrogens (tertiary/aromatic N) is 1. The Kier molecular flexibility index (Phi) is 4.78. The lowest BCUT2D eigenvalue weighted by Crippen LogP contribution is -2.82. The number of aliphatic hydroxyl groups is 5. The van der Waals surface area contributed by atoms with Crippen molar-refractivity contribution in [1.29, 1.82) is 0 Å². The topological polar surface area (TPSA) is 202 Å². The van der Waals surface area contributed by atoms with E-state index in [1.54, 1.807) is 13.0 Å². The number of ketones is 2. The lowest BCUT2D eigenvalue weighted by Gasteiger charge is -2.58. The molecule has 0 saturated heterocycles. The number of carbonyl (C=O) groups is 3. The first-order valence-corrected chi connectivity index (χ1v) is 10.1. The summed E-state index contributed by atoms with van der Waals surface area (Å²) < 4.78 is 0. The number of carbonyl (C=O) groups excluding carboxylic acids is 3. The summed E-state index contributed by atoms with van der Waals surface area (Å²) in [5.41, 5.74) is -2.64. The van der Waals surface area contributed by atoms with Gasteiger partial charge in [0.1, 0.15) is 23.1 Å². The second kappa shape index (κ2) is 6.87. The highest BCUT2D eigenvalue weighted by Crippen LogP contribution is 2.57. The van der Waals surface area contributed by atoms with Gasteiger partial charge in [0.2, 0.25) is 11.4 Å². The summed E-state index contributed by atoms with van der Waals surface area (Å²) in [5.74, 6) is -8.86. The molecule has 0 heterocycles. The van der Waals surface area contributed by atoms with Crippen molar-refractivity contribution in [3.05, 3.63) is 46.2 Å². The Morgan fingerprint density at radius 3 is 2.27 bits per heavy atom. The SMILES string of the molecule is C[C@H]1c2cccc(O)c2C(O)=C2C(=O)[C@]3(O)C(O)=C(C(N)=O)C(=O)[C@@H](N(C)C)C3(O)[C@@H](O)[C@@H]21. The summed E-state index contributed by atoms with van der Waals surface area (Å²) in [7, 11) is 2.61. The molecule has 1 saturated carbocycles. The molecule has 33 heavy (non-hydrogen) atoms. The van der Waals surface area contributed by atoms with Crippen LogP contribution < -0.4 is 5.73 Å². The molecule has 0 aromatic heterocycles. The summed E-state index contributed by atoms with van der Waals surface area (Å²) >= 11 is 0. The van der Waals surface area contributed by atoms with E-state index in [1.807, 2.05) is 0 Å². The van der Waals surface area contributed by atoms with Gasteiger partial charge in [-0.3, -0.25) is 19.3 Å². The van der Waals surface area contributed by atoms with Crippen LogP contribution in [0.2, 0.25) is 0 Å². The van der Waals surface area contributed by atoms with E-state index in [-0.39, 0.29) is 11.3 Å². The molecule has 0 bridgehead atoms. The lowest BCUT2D eigenvalue weighted by molar-refractivity contribution is -0.239. The molecule has 0 radical (unpaired) electrons. The van der Waals surface area contributed by atoms with Crippen molar-refractivity contribution in [3.63, 3.8) is 0 Å². The number of aromatic hydroxyl groups is 1. The minimum atomic E-state index is -3.40. The summed E-state index contributed by atoms with van der Waals surface area (Å²) in [6.07, 6.45) is -2.09. The fourth-order valence-electron chi connectivity index (χ4n) is 5.64. The van der Waals surface area contributed by atoms with Gasteiger partial charge in [0.05, 0.1) is 11.7 Å². The van der Waals surface area contributed by atoms with E-state index in [9.17, 15) is 45.0 Å². The average Bonchev–Trinajstić information content (AvgIpc) is 2.72. The van der Waals surface area contributed by atoms with Gasteiger partial charge in [-0.05, 0) is 31.6 Å². The molecule has 11 nitrogen and oxygen atoms in total. The molecular weight excluding hydrogens is 436 g/mol. The predicted molar refractivity (Wildman–Crippen MR) is 112 cm³/mol. The Hall–Kier alpha value is -3.25. The fourth-order valence-corrected chi connectivity index (χ4v) is 5.64. The van der Waals surface area contributed by atoms with Crippen molar-refractivity contribution in [1.82, 2.24) is 4.90 Å². The standard InChI is InChI=1S/C22H24N2O9/c1-7-8-5-4-6-9(25)11(8)14(26)12-10(7)17(28)21(32)16(24(2)3)15(27)13(20(23)31)19(30)22(21,33)18(12)29/h4-7,10,16-17,25-26,28,30,32-33H,1-3H3,(H2,23,31)/t7-,10+,16+,17-,21?,22-/m0/s1. The maximum Gasteiger partial charge on any atom is 0.255 e. The Bertz CT molecular complexity index is 1190. The fraction of sp³-hybridized carbons (Fsp3) is 0.409. The van der Waals surface area contributed by atoms with E-state index in [2.05, 4.69) is 0 Å². The monoisotopic (exact) mass is 460 g/mol. The van der Waals surface area contributed by atoms with E-state index in [0.717, 1.165) is 4.90 Å². The van der Waals surface area contributed by atoms with Crippen LogP contribution in [0.4, 0.5) is 0 Å². The number of benzene rings is 1. The molecule has 8 N–H and O–H groups in total. The maximum absolute atomic E-state index is 13.7. The molecule has 1 aromatic carbocycles. The van der Waals surface area contributed by atoms with Crippen LogP contribution in [0.1, 0.15) is 24.0 Å². The molecule has 0 aliphatic heterocycles. The highest BCUT2D eigenvalue weighted by Gasteiger charge is 2.76. The number of likely N-dealkylation sites (N-methyl/N-ethyl adjacent to an activating group) is 1. The van der Waals surface area contributed by atoms with E-state index >= 15 is 0 Å². The molecule has 3 aliphatic carbocycles. The molecule has 3 aliphatic rings. The van der Waals surface area contributed by atoms with Crippen LogP contribution in [-0.2, 0) is 14.4 Å². The number of aliphatic hydroxyl groups excluding tert-OH is 3. The molecule has 1 amide bonds. The molecule has 11 heteroatoms. The van der Waals surface area contributed by atoms with Crippen LogP contribution in [0.15, 0.2) is 35.1 Å². The van der Waals surface area contributed by atoms with Gasteiger partial charge in [-0.1, -0.05) is 19.1 Å². The third kappa shape index (κ3) is 2.44. The Morgan fingerprint density at radius 1 is 1.12 bits per heavy atom. The molecular formula is C22H24N2O9. The zero-order valence-corrected chi connectivity index (χ0v) is 18.0. The Labute approximate surface area is 187 Å². The van der Waals surface area contributed by atoms with Gasteiger partial charge in [-0.2, -0.15) is 0 Å². The van der Waals surface area contributed by atoms with Gasteiger partial charge in [0.15, 0.2) is 17.1 Å². The maximum atomic E-state index is 13.7. The second-order valence-electron chi connectivity index (χ2n) is 8.95. The first kappa shape index (κ1) is 22.9. The van der Waals surface area contributed by atoms with Crippen LogP contribution in [0.3, 0.4) is 0 Å².